The molecule has 0 radical (unpaired) electrons. The third-order valence-corrected chi connectivity index (χ3v) is 2.21. The van der Waals surface area contributed by atoms with E-state index in [4.69, 9.17) is 0 Å². The van der Waals surface area contributed by atoms with Gasteiger partial charge < -0.3 is 0 Å². The van der Waals surface area contributed by atoms with E-state index in [9.17, 15) is 22.8 Å². The van der Waals surface area contributed by atoms with Crippen LogP contribution in [0.25, 0.3) is 0 Å². The minimum atomic E-state index is -4.30. The summed E-state index contributed by atoms with van der Waals surface area (Å²) < 4.78 is 36.2. The van der Waals surface area contributed by atoms with Crippen LogP contribution in [-0.2, 0) is 6.54 Å². The number of hydrogen-bond acceptors (Lipinski definition) is 3. The number of aryl methyl sites for hydroxylation is 1. The minimum absolute atomic E-state index is 0.0974. The lowest BCUT2D eigenvalue weighted by molar-refractivity contribution is -0.0328. The van der Waals surface area contributed by atoms with Gasteiger partial charge in [-0.05, 0) is 11.8 Å². The molecule has 0 atom stereocenters. The van der Waals surface area contributed by atoms with Crippen LogP contribution in [0.15, 0.2) is 21.9 Å². The van der Waals surface area contributed by atoms with Crippen LogP contribution in [0.1, 0.15) is 0 Å². The van der Waals surface area contributed by atoms with E-state index in [0.29, 0.717) is 0 Å². The molecular formula is C7H7F3N2O2S. The Hall–Kier alpha value is -1.18. The molecule has 0 aliphatic heterocycles. The maximum absolute atomic E-state index is 11.7. The Labute approximate surface area is 86.1 Å². The molecule has 8 heteroatoms. The van der Waals surface area contributed by atoms with Crippen molar-refractivity contribution in [3.8, 4) is 0 Å². The molecule has 1 N–H and O–H groups in total. The molecule has 0 bridgehead atoms. The fourth-order valence-electron chi connectivity index (χ4n) is 0.880. The molecule has 0 amide bonds. The largest absolute Gasteiger partial charge is 0.441 e. The monoisotopic (exact) mass is 240 g/mol. The molecule has 0 aromatic carbocycles. The summed E-state index contributed by atoms with van der Waals surface area (Å²) in [6.07, 6.45) is 1.16. The van der Waals surface area contributed by atoms with Gasteiger partial charge >= 0.3 is 11.2 Å². The van der Waals surface area contributed by atoms with Gasteiger partial charge in [0.1, 0.15) is 0 Å². The fraction of sp³-hybridized carbons (Fsp3) is 0.429. The fourth-order valence-corrected chi connectivity index (χ4v) is 1.40. The molecule has 4 nitrogen and oxygen atoms in total. The number of rotatable bonds is 3. The van der Waals surface area contributed by atoms with Crippen molar-refractivity contribution in [2.75, 3.05) is 5.75 Å². The standard InChI is InChI=1S/C7H7F3N2O2S/c8-7(9,10)15-4-3-12-2-1-5(13)11-6(12)14/h1-2H,3-4H2,(H,11,13,14). The predicted molar refractivity (Wildman–Crippen MR) is 49.8 cm³/mol. The van der Waals surface area contributed by atoms with Crippen LogP contribution in [0.3, 0.4) is 0 Å². The molecule has 0 aliphatic carbocycles. The Morgan fingerprint density at radius 3 is 2.60 bits per heavy atom. The Morgan fingerprint density at radius 1 is 1.40 bits per heavy atom. The van der Waals surface area contributed by atoms with Crippen LogP contribution in [0.4, 0.5) is 13.2 Å². The SMILES string of the molecule is O=c1ccn(CCSC(F)(F)F)c(=O)[nH]1. The zero-order valence-electron chi connectivity index (χ0n) is 7.37. The number of halogens is 3. The Bertz CT molecular complexity index is 437. The molecule has 0 saturated heterocycles. The molecular weight excluding hydrogens is 233 g/mol. The summed E-state index contributed by atoms with van der Waals surface area (Å²) in [6, 6.07) is 1.08. The van der Waals surface area contributed by atoms with Crippen LogP contribution >= 0.6 is 11.8 Å². The Balaban J connectivity index is 2.59. The Morgan fingerprint density at radius 2 is 2.07 bits per heavy atom. The highest BCUT2D eigenvalue weighted by Gasteiger charge is 2.27. The van der Waals surface area contributed by atoms with Crippen molar-refractivity contribution in [3.05, 3.63) is 33.1 Å². The lowest BCUT2D eigenvalue weighted by Crippen LogP contribution is -2.29. The van der Waals surface area contributed by atoms with E-state index in [1.165, 1.54) is 0 Å². The molecule has 1 aromatic rings. The molecule has 0 unspecified atom stereocenters. The van der Waals surface area contributed by atoms with Gasteiger partial charge in [-0.15, -0.1) is 0 Å². The number of aromatic nitrogens is 2. The number of H-pyrrole nitrogens is 1. The molecule has 15 heavy (non-hydrogen) atoms. The second-order valence-corrected chi connectivity index (χ2v) is 3.76. The van der Waals surface area contributed by atoms with Crippen LogP contribution in [-0.4, -0.2) is 20.8 Å². The lowest BCUT2D eigenvalue weighted by atomic mass is 10.6. The number of hydrogen-bond donors (Lipinski definition) is 1. The minimum Gasteiger partial charge on any atom is -0.300 e. The van der Waals surface area contributed by atoms with E-state index in [1.54, 1.807) is 0 Å². The van der Waals surface area contributed by atoms with Crippen molar-refractivity contribution >= 4 is 11.8 Å². The van der Waals surface area contributed by atoms with E-state index >= 15 is 0 Å². The first kappa shape index (κ1) is 11.9. The highest BCUT2D eigenvalue weighted by molar-refractivity contribution is 8.00. The number of aromatic amines is 1. The van der Waals surface area contributed by atoms with Crippen molar-refractivity contribution in [2.24, 2.45) is 0 Å². The van der Waals surface area contributed by atoms with Crippen molar-refractivity contribution in [3.63, 3.8) is 0 Å². The van der Waals surface area contributed by atoms with Crippen LogP contribution in [0.2, 0.25) is 0 Å². The van der Waals surface area contributed by atoms with E-state index in [-0.39, 0.29) is 24.1 Å². The molecule has 84 valence electrons. The van der Waals surface area contributed by atoms with Gasteiger partial charge in [0, 0.05) is 24.6 Å². The summed E-state index contributed by atoms with van der Waals surface area (Å²) in [4.78, 5) is 23.6. The number of nitrogens with one attached hydrogen (secondary N) is 1. The summed E-state index contributed by atoms with van der Waals surface area (Å²) in [7, 11) is 0. The maximum atomic E-state index is 11.7. The van der Waals surface area contributed by atoms with Gasteiger partial charge in [0.15, 0.2) is 0 Å². The first-order valence-electron chi connectivity index (χ1n) is 3.89. The van der Waals surface area contributed by atoms with Gasteiger partial charge in [-0.1, -0.05) is 0 Å². The third kappa shape index (κ3) is 4.24. The van der Waals surface area contributed by atoms with Gasteiger partial charge in [-0.3, -0.25) is 14.3 Å². The highest BCUT2D eigenvalue weighted by Crippen LogP contribution is 2.29. The number of nitrogens with zero attached hydrogens (tertiary/aromatic N) is 1. The first-order chi connectivity index (χ1) is 6.88. The first-order valence-corrected chi connectivity index (χ1v) is 4.87. The molecule has 0 aliphatic rings. The highest BCUT2D eigenvalue weighted by atomic mass is 32.2. The topological polar surface area (TPSA) is 54.9 Å². The summed E-state index contributed by atoms with van der Waals surface area (Å²) in [5.74, 6) is -0.268. The van der Waals surface area contributed by atoms with Crippen LogP contribution in [0.5, 0.6) is 0 Å². The summed E-state index contributed by atoms with van der Waals surface area (Å²) in [6.45, 7) is -0.0974. The average molecular weight is 240 g/mol. The van der Waals surface area contributed by atoms with Gasteiger partial charge in [-0.25, -0.2) is 4.79 Å². The average Bonchev–Trinajstić information content (AvgIpc) is 2.07. The summed E-state index contributed by atoms with van der Waals surface area (Å²) in [5.41, 5.74) is -5.57. The number of alkyl halides is 3. The molecule has 1 rings (SSSR count). The molecule has 1 aromatic heterocycles. The summed E-state index contributed by atoms with van der Waals surface area (Å²) in [5, 5.41) is 0. The van der Waals surface area contributed by atoms with E-state index in [0.717, 1.165) is 16.8 Å². The van der Waals surface area contributed by atoms with E-state index in [1.807, 2.05) is 4.98 Å². The van der Waals surface area contributed by atoms with Gasteiger partial charge in [0.2, 0.25) is 0 Å². The number of thioether (sulfide) groups is 1. The van der Waals surface area contributed by atoms with Crippen molar-refractivity contribution in [1.29, 1.82) is 0 Å². The van der Waals surface area contributed by atoms with Gasteiger partial charge in [-0.2, -0.15) is 13.2 Å². The molecule has 0 spiro atoms. The maximum Gasteiger partial charge on any atom is 0.441 e. The Kier molecular flexibility index (Phi) is 3.61. The van der Waals surface area contributed by atoms with Crippen LogP contribution < -0.4 is 11.2 Å². The lowest BCUT2D eigenvalue weighted by Gasteiger charge is -2.06. The van der Waals surface area contributed by atoms with Crippen molar-refractivity contribution in [2.45, 2.75) is 12.1 Å². The van der Waals surface area contributed by atoms with Crippen molar-refractivity contribution < 1.29 is 13.2 Å². The third-order valence-electron chi connectivity index (χ3n) is 1.49. The zero-order valence-corrected chi connectivity index (χ0v) is 8.19. The normalized spacial score (nSPS) is 11.7. The molecule has 0 saturated carbocycles. The zero-order chi connectivity index (χ0) is 11.5. The summed E-state index contributed by atoms with van der Waals surface area (Å²) >= 11 is -0.210. The van der Waals surface area contributed by atoms with E-state index in [2.05, 4.69) is 0 Å². The second-order valence-electron chi connectivity index (χ2n) is 2.60. The second kappa shape index (κ2) is 4.56. The van der Waals surface area contributed by atoms with Gasteiger partial charge in [0.25, 0.3) is 5.56 Å². The smallest absolute Gasteiger partial charge is 0.300 e. The molecule has 1 heterocycles. The quantitative estimate of drug-likeness (QED) is 0.849. The predicted octanol–water partition coefficient (Wildman–Crippen LogP) is 0.790. The van der Waals surface area contributed by atoms with Gasteiger partial charge in [0.05, 0.1) is 0 Å². The van der Waals surface area contributed by atoms with E-state index < -0.39 is 16.8 Å². The molecule has 0 fully saturated rings. The van der Waals surface area contributed by atoms with Crippen LogP contribution in [0, 0.1) is 0 Å². The van der Waals surface area contributed by atoms with Crippen molar-refractivity contribution in [1.82, 2.24) is 9.55 Å².